The summed E-state index contributed by atoms with van der Waals surface area (Å²) >= 11 is 4.75. The van der Waals surface area contributed by atoms with Crippen LogP contribution in [-0.4, -0.2) is 17.9 Å². The molecule has 0 radical (unpaired) electrons. The van der Waals surface area contributed by atoms with Gasteiger partial charge in [-0.15, -0.1) is 11.3 Å². The summed E-state index contributed by atoms with van der Waals surface area (Å²) in [5.41, 5.74) is 2.79. The van der Waals surface area contributed by atoms with Crippen molar-refractivity contribution in [2.45, 2.75) is 0 Å². The molecule has 1 amide bonds. The standard InChI is InChI=1S/C11H10BrN3OS/c1-13-11-9(14-6-17-11)10(16)15-8-4-2-3-7(12)5-8/h2-6,13H,1H3,(H,15,16). The molecule has 0 spiro atoms. The number of aromatic nitrogens is 1. The van der Waals surface area contributed by atoms with Crippen molar-refractivity contribution in [2.75, 3.05) is 17.7 Å². The molecule has 2 aromatic rings. The number of thiazole rings is 1. The third-order valence-electron chi connectivity index (χ3n) is 2.09. The number of hydrogen-bond donors (Lipinski definition) is 2. The highest BCUT2D eigenvalue weighted by atomic mass is 79.9. The van der Waals surface area contributed by atoms with Gasteiger partial charge in [0.05, 0.1) is 5.51 Å². The van der Waals surface area contributed by atoms with E-state index in [2.05, 4.69) is 31.5 Å². The van der Waals surface area contributed by atoms with Gasteiger partial charge in [0.1, 0.15) is 5.00 Å². The van der Waals surface area contributed by atoms with Crippen LogP contribution in [0.4, 0.5) is 10.7 Å². The summed E-state index contributed by atoms with van der Waals surface area (Å²) < 4.78 is 0.919. The highest BCUT2D eigenvalue weighted by molar-refractivity contribution is 9.10. The van der Waals surface area contributed by atoms with E-state index in [0.717, 1.165) is 15.2 Å². The SMILES string of the molecule is CNc1scnc1C(=O)Nc1cccc(Br)c1. The minimum Gasteiger partial charge on any atom is -0.378 e. The van der Waals surface area contributed by atoms with Gasteiger partial charge >= 0.3 is 0 Å². The molecule has 1 aromatic heterocycles. The van der Waals surface area contributed by atoms with Gasteiger partial charge in [-0.3, -0.25) is 4.79 Å². The Morgan fingerprint density at radius 3 is 3.00 bits per heavy atom. The van der Waals surface area contributed by atoms with Gasteiger partial charge in [0.25, 0.3) is 5.91 Å². The average molecular weight is 312 g/mol. The third-order valence-corrected chi connectivity index (χ3v) is 3.43. The second-order valence-corrected chi connectivity index (χ2v) is 5.02. The average Bonchev–Trinajstić information content (AvgIpc) is 2.77. The minimum atomic E-state index is -0.214. The molecule has 0 aliphatic carbocycles. The number of amides is 1. The molecule has 0 aliphatic rings. The Morgan fingerprint density at radius 2 is 2.29 bits per heavy atom. The zero-order chi connectivity index (χ0) is 12.3. The van der Waals surface area contributed by atoms with Crippen LogP contribution in [0.3, 0.4) is 0 Å². The number of nitrogens with zero attached hydrogens (tertiary/aromatic N) is 1. The van der Waals surface area contributed by atoms with E-state index >= 15 is 0 Å². The van der Waals surface area contributed by atoms with Gasteiger partial charge in [-0.05, 0) is 18.2 Å². The zero-order valence-electron chi connectivity index (χ0n) is 9.03. The van der Waals surface area contributed by atoms with Gasteiger partial charge in [0.15, 0.2) is 5.69 Å². The van der Waals surface area contributed by atoms with Crippen molar-refractivity contribution in [1.82, 2.24) is 4.98 Å². The number of hydrogen-bond acceptors (Lipinski definition) is 4. The van der Waals surface area contributed by atoms with E-state index in [4.69, 9.17) is 0 Å². The summed E-state index contributed by atoms with van der Waals surface area (Å²) in [7, 11) is 1.77. The largest absolute Gasteiger partial charge is 0.378 e. The summed E-state index contributed by atoms with van der Waals surface area (Å²) in [6, 6.07) is 7.43. The molecule has 0 aliphatic heterocycles. The van der Waals surface area contributed by atoms with Crippen LogP contribution in [0.5, 0.6) is 0 Å². The van der Waals surface area contributed by atoms with E-state index in [0.29, 0.717) is 5.69 Å². The van der Waals surface area contributed by atoms with Gasteiger partial charge in [-0.1, -0.05) is 22.0 Å². The van der Waals surface area contributed by atoms with Crippen LogP contribution in [0.25, 0.3) is 0 Å². The molecule has 0 unspecified atom stereocenters. The fraction of sp³-hybridized carbons (Fsp3) is 0.0909. The Bertz CT molecular complexity index is 541. The van der Waals surface area contributed by atoms with E-state index in [1.54, 1.807) is 12.6 Å². The number of carbonyl (C=O) groups is 1. The van der Waals surface area contributed by atoms with E-state index in [1.165, 1.54) is 11.3 Å². The molecule has 88 valence electrons. The summed E-state index contributed by atoms with van der Waals surface area (Å²) in [6.45, 7) is 0. The normalized spacial score (nSPS) is 10.0. The number of carbonyl (C=O) groups excluding carboxylic acids is 1. The summed E-state index contributed by atoms with van der Waals surface area (Å²) in [5, 5.41) is 6.50. The molecule has 0 atom stereocenters. The van der Waals surface area contributed by atoms with Crippen molar-refractivity contribution >= 4 is 43.9 Å². The fourth-order valence-electron chi connectivity index (χ4n) is 1.34. The smallest absolute Gasteiger partial charge is 0.277 e. The third kappa shape index (κ3) is 2.83. The predicted octanol–water partition coefficient (Wildman–Crippen LogP) is 3.20. The molecule has 2 rings (SSSR count). The first-order chi connectivity index (χ1) is 8.20. The number of benzene rings is 1. The van der Waals surface area contributed by atoms with Gasteiger partial charge < -0.3 is 10.6 Å². The summed E-state index contributed by atoms with van der Waals surface area (Å²) in [5.74, 6) is -0.214. The van der Waals surface area contributed by atoms with Crippen LogP contribution in [0, 0.1) is 0 Å². The minimum absolute atomic E-state index is 0.214. The fourth-order valence-corrected chi connectivity index (χ4v) is 2.38. The first kappa shape index (κ1) is 12.1. The molecule has 0 bridgehead atoms. The monoisotopic (exact) mass is 311 g/mol. The lowest BCUT2D eigenvalue weighted by Crippen LogP contribution is -2.13. The molecular formula is C11H10BrN3OS. The molecule has 0 fully saturated rings. The molecule has 1 heterocycles. The second-order valence-electron chi connectivity index (χ2n) is 3.24. The van der Waals surface area contributed by atoms with Crippen LogP contribution >= 0.6 is 27.3 Å². The first-order valence-corrected chi connectivity index (χ1v) is 6.56. The predicted molar refractivity (Wildman–Crippen MR) is 73.8 cm³/mol. The van der Waals surface area contributed by atoms with Crippen molar-refractivity contribution in [3.05, 3.63) is 39.9 Å². The molecule has 0 saturated carbocycles. The Labute approximate surface area is 111 Å². The Morgan fingerprint density at radius 1 is 1.47 bits per heavy atom. The van der Waals surface area contributed by atoms with Crippen molar-refractivity contribution < 1.29 is 4.79 Å². The van der Waals surface area contributed by atoms with E-state index < -0.39 is 0 Å². The van der Waals surface area contributed by atoms with Crippen LogP contribution in [0.15, 0.2) is 34.2 Å². The summed E-state index contributed by atoms with van der Waals surface area (Å²) in [4.78, 5) is 16.0. The lowest BCUT2D eigenvalue weighted by atomic mass is 10.3. The zero-order valence-corrected chi connectivity index (χ0v) is 11.4. The molecule has 0 saturated heterocycles. The van der Waals surface area contributed by atoms with Crippen molar-refractivity contribution in [1.29, 1.82) is 0 Å². The van der Waals surface area contributed by atoms with E-state index in [-0.39, 0.29) is 5.91 Å². The number of rotatable bonds is 3. The van der Waals surface area contributed by atoms with E-state index in [1.807, 2.05) is 24.3 Å². The molecule has 6 heteroatoms. The van der Waals surface area contributed by atoms with Gasteiger partial charge in [0.2, 0.25) is 0 Å². The van der Waals surface area contributed by atoms with Crippen LogP contribution in [0.2, 0.25) is 0 Å². The lowest BCUT2D eigenvalue weighted by molar-refractivity contribution is 0.102. The number of anilines is 2. The highest BCUT2D eigenvalue weighted by Gasteiger charge is 2.13. The number of halogens is 1. The molecular weight excluding hydrogens is 302 g/mol. The van der Waals surface area contributed by atoms with Crippen molar-refractivity contribution in [3.63, 3.8) is 0 Å². The summed E-state index contributed by atoms with van der Waals surface area (Å²) in [6.07, 6.45) is 0. The maximum absolute atomic E-state index is 11.9. The molecule has 17 heavy (non-hydrogen) atoms. The lowest BCUT2D eigenvalue weighted by Gasteiger charge is -2.05. The molecule has 1 aromatic carbocycles. The quantitative estimate of drug-likeness (QED) is 0.915. The highest BCUT2D eigenvalue weighted by Crippen LogP contribution is 2.21. The van der Waals surface area contributed by atoms with Gasteiger partial charge in [0, 0.05) is 17.2 Å². The maximum Gasteiger partial charge on any atom is 0.277 e. The maximum atomic E-state index is 11.9. The van der Waals surface area contributed by atoms with Gasteiger partial charge in [-0.25, -0.2) is 4.98 Å². The van der Waals surface area contributed by atoms with Crippen LogP contribution in [-0.2, 0) is 0 Å². The molecule has 4 nitrogen and oxygen atoms in total. The van der Waals surface area contributed by atoms with Gasteiger partial charge in [-0.2, -0.15) is 0 Å². The van der Waals surface area contributed by atoms with Crippen LogP contribution in [0.1, 0.15) is 10.5 Å². The first-order valence-electron chi connectivity index (χ1n) is 4.89. The van der Waals surface area contributed by atoms with Crippen molar-refractivity contribution in [3.8, 4) is 0 Å². The Balaban J connectivity index is 2.17. The van der Waals surface area contributed by atoms with Crippen LogP contribution < -0.4 is 10.6 Å². The Kier molecular flexibility index (Phi) is 3.75. The van der Waals surface area contributed by atoms with E-state index in [9.17, 15) is 4.79 Å². The second kappa shape index (κ2) is 5.29. The molecule has 2 N–H and O–H groups in total. The van der Waals surface area contributed by atoms with Crippen molar-refractivity contribution in [2.24, 2.45) is 0 Å². The topological polar surface area (TPSA) is 54.0 Å². The Hall–Kier alpha value is -1.40. The number of nitrogens with one attached hydrogen (secondary N) is 2.